The fourth-order valence-corrected chi connectivity index (χ4v) is 1.99. The number of aromatic amines is 1. The summed E-state index contributed by atoms with van der Waals surface area (Å²) >= 11 is 0. The first-order valence-electron chi connectivity index (χ1n) is 4.45. The number of hydrogen-bond acceptors (Lipinski definition) is 5. The number of ether oxygens (including phenoxy) is 1. The Hall–Kier alpha value is -1.23. The van der Waals surface area contributed by atoms with Crippen LogP contribution in [0.5, 0.6) is 0 Å². The molecule has 2 heterocycles. The Kier molecular flexibility index (Phi) is 3.11. The van der Waals surface area contributed by atoms with Gasteiger partial charge in [-0.05, 0) is 8.19 Å². The summed E-state index contributed by atoms with van der Waals surface area (Å²) in [6, 6.07) is 0. The molecule has 0 aromatic carbocycles. The van der Waals surface area contributed by atoms with Crippen molar-refractivity contribution in [3.63, 3.8) is 0 Å². The first-order chi connectivity index (χ1) is 7.31. The van der Waals surface area contributed by atoms with Crippen molar-refractivity contribution in [2.24, 2.45) is 0 Å². The summed E-state index contributed by atoms with van der Waals surface area (Å²) in [7, 11) is 0.984. The highest BCUT2D eigenvalue weighted by Crippen LogP contribution is 2.23. The van der Waals surface area contributed by atoms with Gasteiger partial charge in [0.1, 0.15) is 17.4 Å². The number of H-pyrrole nitrogens is 1. The van der Waals surface area contributed by atoms with E-state index in [1.165, 1.54) is 0 Å². The lowest BCUT2D eigenvalue weighted by molar-refractivity contribution is 0.0779. The van der Waals surface area contributed by atoms with Crippen LogP contribution in [0.2, 0.25) is 0 Å². The second kappa shape index (κ2) is 4.53. The molecule has 6 nitrogen and oxygen atoms in total. The summed E-state index contributed by atoms with van der Waals surface area (Å²) in [5, 5.41) is 9.41. The topological polar surface area (TPSA) is 97.1 Å². The fraction of sp³-hybridized carbons (Fsp3) is 0.375. The van der Waals surface area contributed by atoms with Crippen molar-refractivity contribution in [2.45, 2.75) is 6.61 Å². The molecule has 80 valence electrons. The molecule has 0 aliphatic carbocycles. The number of anilines is 1. The van der Waals surface area contributed by atoms with Gasteiger partial charge in [0, 0.05) is 5.93 Å². The molecule has 2 aromatic rings. The van der Waals surface area contributed by atoms with Gasteiger partial charge in [0.25, 0.3) is 0 Å². The maximum Gasteiger partial charge on any atom is 0.157 e. The molecule has 2 aromatic heterocycles. The molecule has 0 radical (unpaired) electrons. The van der Waals surface area contributed by atoms with Gasteiger partial charge in [-0.15, -0.1) is 0 Å². The highest BCUT2D eigenvalue weighted by molar-refractivity contribution is 7.35. The third kappa shape index (κ3) is 2.23. The van der Waals surface area contributed by atoms with Crippen molar-refractivity contribution in [1.29, 1.82) is 0 Å². The number of fused-ring (bicyclic) bond motifs is 1. The molecule has 0 atom stereocenters. The van der Waals surface area contributed by atoms with E-state index < -0.39 is 0 Å². The van der Waals surface area contributed by atoms with Crippen molar-refractivity contribution in [2.75, 3.05) is 18.9 Å². The Bertz CT molecular complexity index is 459. The number of aliphatic hydroxyl groups is 1. The standard InChI is InChI=1S/C8H11N4O2P/c9-7-6-8(15-4-10-6)12-5(11-7)3-14-2-1-13/h4,10,13H,1-3H2,(H2,9,11,12). The van der Waals surface area contributed by atoms with E-state index in [1.807, 2.05) is 5.93 Å². The highest BCUT2D eigenvalue weighted by atomic mass is 31.0. The van der Waals surface area contributed by atoms with Gasteiger partial charge in [0.2, 0.25) is 0 Å². The van der Waals surface area contributed by atoms with E-state index in [0.717, 1.165) is 19.0 Å². The van der Waals surface area contributed by atoms with E-state index in [1.54, 1.807) is 0 Å². The first-order valence-corrected chi connectivity index (χ1v) is 5.41. The molecule has 0 fully saturated rings. The van der Waals surface area contributed by atoms with Crippen LogP contribution < -0.4 is 5.73 Å². The van der Waals surface area contributed by atoms with E-state index in [0.29, 0.717) is 11.6 Å². The lowest BCUT2D eigenvalue weighted by Gasteiger charge is -2.02. The summed E-state index contributed by atoms with van der Waals surface area (Å²) < 4.78 is 5.12. The van der Waals surface area contributed by atoms with Crippen LogP contribution >= 0.6 is 8.19 Å². The molecular weight excluding hydrogens is 215 g/mol. The normalized spacial score (nSPS) is 11.5. The summed E-state index contributed by atoms with van der Waals surface area (Å²) in [4.78, 5) is 11.4. The zero-order chi connectivity index (χ0) is 10.7. The predicted octanol–water partition coefficient (Wildman–Crippen LogP) is 0.629. The third-order valence-electron chi connectivity index (χ3n) is 1.83. The Morgan fingerprint density at radius 3 is 3.20 bits per heavy atom. The van der Waals surface area contributed by atoms with Crippen LogP contribution in [-0.2, 0) is 11.3 Å². The largest absolute Gasteiger partial charge is 0.394 e. The average Bonchev–Trinajstić information content (AvgIpc) is 2.66. The monoisotopic (exact) mass is 226 g/mol. The number of nitrogens with one attached hydrogen (secondary N) is 1. The minimum Gasteiger partial charge on any atom is -0.394 e. The summed E-state index contributed by atoms with van der Waals surface area (Å²) in [5.74, 6) is 2.83. The number of aromatic nitrogens is 3. The van der Waals surface area contributed by atoms with Gasteiger partial charge in [-0.1, -0.05) is 0 Å². The molecule has 0 saturated heterocycles. The number of nitrogens with zero attached hydrogens (tertiary/aromatic N) is 2. The van der Waals surface area contributed by atoms with Crippen LogP contribution in [0.1, 0.15) is 5.82 Å². The third-order valence-corrected chi connectivity index (χ3v) is 2.65. The smallest absolute Gasteiger partial charge is 0.157 e. The minimum absolute atomic E-state index is 0.00595. The zero-order valence-electron chi connectivity index (χ0n) is 7.97. The molecule has 0 unspecified atom stereocenters. The molecule has 15 heavy (non-hydrogen) atoms. The molecule has 0 saturated carbocycles. The van der Waals surface area contributed by atoms with Crippen LogP contribution in [0, 0.1) is 0 Å². The Labute approximate surface area is 87.6 Å². The predicted molar refractivity (Wildman–Crippen MR) is 57.6 cm³/mol. The highest BCUT2D eigenvalue weighted by Gasteiger charge is 2.05. The van der Waals surface area contributed by atoms with E-state index in [9.17, 15) is 0 Å². The summed E-state index contributed by atoms with van der Waals surface area (Å²) in [6.07, 6.45) is 0. The van der Waals surface area contributed by atoms with E-state index >= 15 is 0 Å². The molecule has 7 heteroatoms. The second-order valence-electron chi connectivity index (χ2n) is 2.90. The lowest BCUT2D eigenvalue weighted by atomic mass is 10.5. The molecular formula is C8H11N4O2P. The SMILES string of the molecule is Nc1nc(COCCO)nc2pc[nH]c12. The van der Waals surface area contributed by atoms with Gasteiger partial charge in [-0.25, -0.2) is 9.97 Å². The number of rotatable bonds is 4. The van der Waals surface area contributed by atoms with E-state index in [-0.39, 0.29) is 19.8 Å². The molecule has 0 aliphatic heterocycles. The molecule has 0 spiro atoms. The number of nitrogen functional groups attached to an aromatic ring is 1. The Morgan fingerprint density at radius 2 is 2.40 bits per heavy atom. The number of aliphatic hydroxyl groups excluding tert-OH is 1. The van der Waals surface area contributed by atoms with Gasteiger partial charge in [0.05, 0.1) is 13.2 Å². The van der Waals surface area contributed by atoms with Gasteiger partial charge >= 0.3 is 0 Å². The maximum atomic E-state index is 8.55. The Morgan fingerprint density at radius 1 is 1.53 bits per heavy atom. The minimum atomic E-state index is -0.00595. The van der Waals surface area contributed by atoms with Crippen molar-refractivity contribution >= 4 is 24.8 Å². The van der Waals surface area contributed by atoms with E-state index in [2.05, 4.69) is 15.0 Å². The zero-order valence-corrected chi connectivity index (χ0v) is 8.87. The number of hydrogen-bond donors (Lipinski definition) is 3. The van der Waals surface area contributed by atoms with Gasteiger partial charge in [-0.3, -0.25) is 0 Å². The van der Waals surface area contributed by atoms with Gasteiger partial charge < -0.3 is 20.6 Å². The van der Waals surface area contributed by atoms with Crippen LogP contribution in [0.25, 0.3) is 10.8 Å². The fourth-order valence-electron chi connectivity index (χ4n) is 1.20. The lowest BCUT2D eigenvalue weighted by Crippen LogP contribution is -2.05. The van der Waals surface area contributed by atoms with Crippen molar-refractivity contribution < 1.29 is 9.84 Å². The quantitative estimate of drug-likeness (QED) is 0.664. The first kappa shape index (κ1) is 10.3. The van der Waals surface area contributed by atoms with Crippen LogP contribution in [0.3, 0.4) is 0 Å². The van der Waals surface area contributed by atoms with Crippen molar-refractivity contribution in [3.8, 4) is 0 Å². The molecule has 2 rings (SSSR count). The van der Waals surface area contributed by atoms with Gasteiger partial charge in [0.15, 0.2) is 11.6 Å². The van der Waals surface area contributed by atoms with Crippen LogP contribution in [0.15, 0.2) is 5.93 Å². The molecule has 0 bridgehead atoms. The second-order valence-corrected chi connectivity index (χ2v) is 3.84. The molecule has 4 N–H and O–H groups in total. The molecule has 0 aliphatic rings. The van der Waals surface area contributed by atoms with Crippen LogP contribution in [-0.4, -0.2) is 33.3 Å². The summed E-state index contributed by atoms with van der Waals surface area (Å²) in [5.41, 5.74) is 6.51. The van der Waals surface area contributed by atoms with E-state index in [4.69, 9.17) is 15.6 Å². The maximum absolute atomic E-state index is 8.55. The number of nitrogens with two attached hydrogens (primary N) is 1. The van der Waals surface area contributed by atoms with Crippen LogP contribution in [0.4, 0.5) is 5.82 Å². The van der Waals surface area contributed by atoms with Crippen molar-refractivity contribution in [1.82, 2.24) is 15.0 Å². The summed E-state index contributed by atoms with van der Waals surface area (Å²) in [6.45, 7) is 0.546. The molecule has 0 amide bonds. The average molecular weight is 226 g/mol. The Balaban J connectivity index is 2.21. The van der Waals surface area contributed by atoms with Crippen molar-refractivity contribution in [3.05, 3.63) is 11.8 Å². The van der Waals surface area contributed by atoms with Gasteiger partial charge in [-0.2, -0.15) is 0 Å².